The first-order valence-corrected chi connectivity index (χ1v) is 23.4. The van der Waals surface area contributed by atoms with E-state index in [0.717, 1.165) is 30.5 Å². The number of aromatic amines is 1. The Balaban J connectivity index is 1.15. The standard InChI is InChI=1S/C51H49N3O19/c55-11-7-22-12-23(15-31(57)37(22)58)32-18-30(56)36-33(69-32)19-34-35(38(36)59)28(24-14-29-21-4-1-5-27(13-21)54-45(29)53-20-24)17-25(16-26-6-2-10-52-26)51(71-34)44(65)41(62)43(64)50(73-51)9-3-8-49(47(66)67)42(63)39(60)40(61)46(72-49)70-48(50)68/h1-2,5-6,10,12,14-15,17-21,27-28,39-46,52-55,57-65H,4,7,9,11,13,16H2,(H,66,67)/t21-,27+,28+,39+,40+,41-,42-,43-,44+,45?,46-,49-,50-,51-/m0/s1. The van der Waals surface area contributed by atoms with Gasteiger partial charge >= 0.3 is 11.9 Å². The largest absolute Gasteiger partial charge is 0.507 e. The summed E-state index contributed by atoms with van der Waals surface area (Å²) >= 11 is 0. The van der Waals surface area contributed by atoms with Crippen LogP contribution in [0.3, 0.4) is 0 Å². The number of ether oxygens (including phenoxy) is 4. The van der Waals surface area contributed by atoms with Crippen LogP contribution >= 0.6 is 0 Å². The van der Waals surface area contributed by atoms with Gasteiger partial charge in [0.25, 0.3) is 11.4 Å². The highest BCUT2D eigenvalue weighted by atomic mass is 16.8. The van der Waals surface area contributed by atoms with Crippen molar-refractivity contribution < 1.29 is 89.1 Å². The highest BCUT2D eigenvalue weighted by Crippen LogP contribution is 2.54. The summed E-state index contributed by atoms with van der Waals surface area (Å²) in [6.45, 7) is -0.410. The highest BCUT2D eigenvalue weighted by molar-refractivity contribution is 5.90. The molecule has 2 aromatic heterocycles. The third kappa shape index (κ3) is 7.45. The van der Waals surface area contributed by atoms with Gasteiger partial charge in [0.2, 0.25) is 11.9 Å². The maximum absolute atomic E-state index is 14.8. The Morgan fingerprint density at radius 3 is 2.51 bits per heavy atom. The van der Waals surface area contributed by atoms with Crippen molar-refractivity contribution in [3.05, 3.63) is 117 Å². The number of allylic oxidation sites excluding steroid dienone is 4. The second kappa shape index (κ2) is 17.6. The molecular weight excluding hydrogens is 959 g/mol. The van der Waals surface area contributed by atoms with Crippen molar-refractivity contribution in [2.45, 2.75) is 110 Å². The minimum atomic E-state index is -3.02. The molecule has 2 spiro atoms. The number of carbonyl (C=O) groups excluding carboxylic acids is 1. The SMILES string of the molecule is O=C(O)[C@@]12C#CC[C@@]3(O[C@]4(Oc5cc6oc(-c7cc(O)c(O)c(CCO)c7)cc(=O)c6c(O)c5[C@@H](C5=CNC6N[C@@H]7C=CC[C@@H](C7)C6=C5)C=C4Cc4ccc[nH]4)[C@H](O)[C@@H](O)[C@@H]3O)C(=O)O[C@@H](O1)[C@H](O)[C@@H](O)[C@@H]2O. The van der Waals surface area contributed by atoms with Gasteiger partial charge in [0, 0.05) is 77.5 Å². The summed E-state index contributed by atoms with van der Waals surface area (Å²) in [6.07, 6.45) is -5.96. The Morgan fingerprint density at radius 1 is 0.945 bits per heavy atom. The van der Waals surface area contributed by atoms with Crippen molar-refractivity contribution >= 4 is 22.9 Å². The van der Waals surface area contributed by atoms with Crippen molar-refractivity contribution in [1.82, 2.24) is 15.6 Å². The quantitative estimate of drug-likeness (QED) is 0.0481. The lowest BCUT2D eigenvalue weighted by atomic mass is 9.75. The molecule has 4 bridgehead atoms. The molecule has 8 heterocycles. The number of aliphatic carboxylic acids is 1. The van der Waals surface area contributed by atoms with Gasteiger partial charge in [0.05, 0.1) is 12.6 Å². The Bertz CT molecular complexity index is 3210. The van der Waals surface area contributed by atoms with Crippen LogP contribution in [0.4, 0.5) is 0 Å². The molecule has 22 heteroatoms. The maximum Gasteiger partial charge on any atom is 0.351 e. The van der Waals surface area contributed by atoms with E-state index in [2.05, 4.69) is 39.6 Å². The van der Waals surface area contributed by atoms with Gasteiger partial charge in [-0.05, 0) is 60.6 Å². The van der Waals surface area contributed by atoms with Gasteiger partial charge in [0.15, 0.2) is 23.0 Å². The molecule has 14 atom stereocenters. The summed E-state index contributed by atoms with van der Waals surface area (Å²) in [5.74, 6) is -5.30. The van der Waals surface area contributed by atoms with Crippen LogP contribution in [0.2, 0.25) is 0 Å². The number of rotatable bonds is 7. The Morgan fingerprint density at radius 2 is 1.75 bits per heavy atom. The predicted molar refractivity (Wildman–Crippen MR) is 248 cm³/mol. The summed E-state index contributed by atoms with van der Waals surface area (Å²) in [5.41, 5.74) is -5.25. The van der Waals surface area contributed by atoms with Gasteiger partial charge in [-0.3, -0.25) is 10.1 Å². The average molecular weight is 1010 g/mol. The first-order valence-electron chi connectivity index (χ1n) is 23.4. The molecule has 2 aromatic carbocycles. The van der Waals surface area contributed by atoms with Gasteiger partial charge in [-0.1, -0.05) is 36.1 Å². The van der Waals surface area contributed by atoms with Crippen molar-refractivity contribution in [1.29, 1.82) is 0 Å². The Labute approximate surface area is 412 Å². The molecule has 382 valence electrons. The average Bonchev–Trinajstić information content (AvgIpc) is 3.86. The summed E-state index contributed by atoms with van der Waals surface area (Å²) < 4.78 is 30.8. The molecule has 14 N–H and O–H groups in total. The molecule has 0 amide bonds. The van der Waals surface area contributed by atoms with E-state index in [1.165, 1.54) is 12.1 Å². The maximum atomic E-state index is 14.8. The van der Waals surface area contributed by atoms with Crippen molar-refractivity contribution in [2.75, 3.05) is 6.61 Å². The van der Waals surface area contributed by atoms with E-state index in [1.54, 1.807) is 30.6 Å². The molecular formula is C51H49N3O19. The van der Waals surface area contributed by atoms with Gasteiger partial charge in [-0.15, -0.1) is 0 Å². The lowest BCUT2D eigenvalue weighted by Gasteiger charge is -2.53. The summed E-state index contributed by atoms with van der Waals surface area (Å²) in [5, 5.41) is 130. The smallest absolute Gasteiger partial charge is 0.351 e. The Kier molecular flexibility index (Phi) is 11.6. The van der Waals surface area contributed by atoms with Crippen LogP contribution in [0.5, 0.6) is 23.0 Å². The molecule has 1 unspecified atom stereocenters. The van der Waals surface area contributed by atoms with Crippen LogP contribution in [0.15, 0.2) is 99.0 Å². The number of aromatic hydroxyl groups is 3. The molecule has 0 saturated carbocycles. The first-order chi connectivity index (χ1) is 34.9. The summed E-state index contributed by atoms with van der Waals surface area (Å²) in [6, 6.07) is 8.17. The molecule has 6 aliphatic heterocycles. The third-order valence-electron chi connectivity index (χ3n) is 14.9. The zero-order valence-electron chi connectivity index (χ0n) is 38.2. The predicted octanol–water partition coefficient (Wildman–Crippen LogP) is -0.477. The Hall–Kier alpha value is -7.01. The van der Waals surface area contributed by atoms with Gasteiger partial charge < -0.3 is 89.8 Å². The number of aromatic nitrogens is 1. The van der Waals surface area contributed by atoms with Crippen molar-refractivity contribution in [2.24, 2.45) is 5.92 Å². The number of benzene rings is 2. The van der Waals surface area contributed by atoms with Crippen LogP contribution < -0.4 is 20.8 Å². The minimum absolute atomic E-state index is 0.0687. The number of carboxylic acid groups (broad SMARTS) is 1. The lowest BCUT2D eigenvalue weighted by Crippen LogP contribution is -2.75. The molecule has 73 heavy (non-hydrogen) atoms. The van der Waals surface area contributed by atoms with Crippen LogP contribution in [0.1, 0.15) is 42.0 Å². The van der Waals surface area contributed by atoms with E-state index in [-0.39, 0.29) is 75.7 Å². The topological polar surface area (TPSA) is 364 Å². The number of hydrogen-bond donors (Lipinski definition) is 14. The third-order valence-corrected chi connectivity index (χ3v) is 14.9. The zero-order valence-corrected chi connectivity index (χ0v) is 38.2. The van der Waals surface area contributed by atoms with Crippen LogP contribution in [0, 0.1) is 17.8 Å². The molecule has 3 saturated heterocycles. The number of nitrogens with one attached hydrogen (secondary N) is 3. The van der Waals surface area contributed by atoms with Crippen LogP contribution in [-0.2, 0) is 36.6 Å². The number of dihydropyridines is 1. The molecule has 11 rings (SSSR count). The number of fused-ring (bicyclic) bond motifs is 8. The number of aliphatic hydroxyl groups is 7. The van der Waals surface area contributed by atoms with Crippen LogP contribution in [-0.4, -0.2) is 152 Å². The summed E-state index contributed by atoms with van der Waals surface area (Å²) in [7, 11) is 0. The number of piperidine rings is 1. The molecule has 3 fully saturated rings. The van der Waals surface area contributed by atoms with Gasteiger partial charge in [-0.2, -0.15) is 0 Å². The van der Waals surface area contributed by atoms with Crippen molar-refractivity contribution in [3.8, 4) is 46.2 Å². The number of aliphatic hydroxyl groups excluding tert-OH is 7. The fourth-order valence-corrected chi connectivity index (χ4v) is 11.1. The first kappa shape index (κ1) is 48.3. The number of carboxylic acids is 1. The fourth-order valence-electron chi connectivity index (χ4n) is 11.1. The number of phenolic OH excluding ortho intramolecular Hbond substituents is 3. The number of carbonyl (C=O) groups is 2. The molecule has 4 aromatic rings. The summed E-state index contributed by atoms with van der Waals surface area (Å²) in [4.78, 5) is 45.0. The van der Waals surface area contributed by atoms with Gasteiger partial charge in [-0.25, -0.2) is 9.59 Å². The lowest BCUT2D eigenvalue weighted by molar-refractivity contribution is -0.354. The van der Waals surface area contributed by atoms with E-state index >= 15 is 0 Å². The monoisotopic (exact) mass is 1010 g/mol. The van der Waals surface area contributed by atoms with Gasteiger partial charge in [0.1, 0.15) is 58.7 Å². The second-order valence-corrected chi connectivity index (χ2v) is 19.2. The van der Waals surface area contributed by atoms with E-state index in [0.29, 0.717) is 11.3 Å². The van der Waals surface area contributed by atoms with E-state index in [1.807, 2.05) is 6.08 Å². The minimum Gasteiger partial charge on any atom is -0.507 e. The van der Waals surface area contributed by atoms with Crippen molar-refractivity contribution in [3.63, 3.8) is 0 Å². The number of hydrogen-bond acceptors (Lipinski definition) is 20. The second-order valence-electron chi connectivity index (χ2n) is 19.2. The highest BCUT2D eigenvalue weighted by Gasteiger charge is 2.69. The van der Waals surface area contributed by atoms with E-state index in [9.17, 15) is 70.6 Å². The van der Waals surface area contributed by atoms with E-state index < -0.39 is 113 Å². The molecule has 0 radical (unpaired) electrons. The molecule has 7 aliphatic rings. The fraction of sp³-hybridized carbons (Fsp3) is 0.392. The number of esters is 1. The number of phenols is 3. The normalized spacial score (nSPS) is 35.2. The molecule has 1 aliphatic carbocycles. The zero-order chi connectivity index (χ0) is 51.5. The number of H-pyrrole nitrogens is 1. The van der Waals surface area contributed by atoms with E-state index in [4.69, 9.17) is 23.4 Å². The molecule has 22 nitrogen and oxygen atoms in total. The van der Waals surface area contributed by atoms with Crippen LogP contribution in [0.25, 0.3) is 22.3 Å².